The first-order valence-corrected chi connectivity index (χ1v) is 8.74. The molecule has 1 heterocycles. The van der Waals surface area contributed by atoms with Crippen LogP contribution in [0, 0.1) is 5.41 Å². The highest BCUT2D eigenvalue weighted by molar-refractivity contribution is 4.98. The Balaban J connectivity index is 1.64. The summed E-state index contributed by atoms with van der Waals surface area (Å²) in [6.45, 7) is 3.55. The van der Waals surface area contributed by atoms with E-state index >= 15 is 0 Å². The highest BCUT2D eigenvalue weighted by Crippen LogP contribution is 2.47. The Kier molecular flexibility index (Phi) is 4.19. The van der Waals surface area contributed by atoms with Gasteiger partial charge in [0.25, 0.3) is 0 Å². The van der Waals surface area contributed by atoms with E-state index in [1.54, 1.807) is 0 Å². The minimum Gasteiger partial charge on any atom is -0.329 e. The molecule has 2 heteroatoms. The average Bonchev–Trinajstić information content (AvgIpc) is 2.76. The van der Waals surface area contributed by atoms with E-state index in [0.29, 0.717) is 5.54 Å². The van der Waals surface area contributed by atoms with Crippen LogP contribution in [0.25, 0.3) is 0 Å². The molecule has 1 spiro atoms. The highest BCUT2D eigenvalue weighted by atomic mass is 15.2. The second-order valence-electron chi connectivity index (χ2n) is 7.54. The van der Waals surface area contributed by atoms with Gasteiger partial charge in [-0.1, -0.05) is 38.5 Å². The molecule has 3 fully saturated rings. The van der Waals surface area contributed by atoms with Gasteiger partial charge in [-0.15, -0.1) is 0 Å². The van der Waals surface area contributed by atoms with Crippen molar-refractivity contribution < 1.29 is 0 Å². The van der Waals surface area contributed by atoms with Gasteiger partial charge in [-0.05, 0) is 57.0 Å². The van der Waals surface area contributed by atoms with Crippen LogP contribution in [-0.4, -0.2) is 30.1 Å². The van der Waals surface area contributed by atoms with Crippen molar-refractivity contribution in [2.24, 2.45) is 11.1 Å². The van der Waals surface area contributed by atoms with E-state index in [2.05, 4.69) is 4.90 Å². The predicted octanol–water partition coefficient (Wildman–Crippen LogP) is 3.69. The van der Waals surface area contributed by atoms with Gasteiger partial charge >= 0.3 is 0 Å². The summed E-state index contributed by atoms with van der Waals surface area (Å²) >= 11 is 0. The predicted molar refractivity (Wildman–Crippen MR) is 81.2 cm³/mol. The van der Waals surface area contributed by atoms with Crippen molar-refractivity contribution in [2.45, 2.75) is 82.6 Å². The molecule has 0 bridgehead atoms. The fourth-order valence-corrected chi connectivity index (χ4v) is 5.12. The molecule has 0 radical (unpaired) electrons. The Morgan fingerprint density at radius 1 is 0.684 bits per heavy atom. The largest absolute Gasteiger partial charge is 0.329 e. The summed E-state index contributed by atoms with van der Waals surface area (Å²) in [4.78, 5) is 2.81. The lowest BCUT2D eigenvalue weighted by molar-refractivity contribution is 0.0131. The molecule has 0 unspecified atom stereocenters. The first-order chi connectivity index (χ1) is 9.29. The molecular weight excluding hydrogens is 232 g/mol. The third-order valence-corrected chi connectivity index (χ3v) is 6.57. The number of hydrogen-bond donors (Lipinski definition) is 1. The summed E-state index contributed by atoms with van der Waals surface area (Å²) in [7, 11) is 0. The van der Waals surface area contributed by atoms with Crippen molar-refractivity contribution in [1.82, 2.24) is 4.90 Å². The summed E-state index contributed by atoms with van der Waals surface area (Å²) < 4.78 is 0. The van der Waals surface area contributed by atoms with Crippen LogP contribution in [0.3, 0.4) is 0 Å². The highest BCUT2D eigenvalue weighted by Gasteiger charge is 2.42. The normalized spacial score (nSPS) is 31.4. The molecule has 2 N–H and O–H groups in total. The molecule has 0 amide bonds. The Morgan fingerprint density at radius 3 is 1.74 bits per heavy atom. The summed E-state index contributed by atoms with van der Waals surface area (Å²) in [5.41, 5.74) is 7.36. The lowest BCUT2D eigenvalue weighted by Crippen LogP contribution is -2.57. The maximum Gasteiger partial charge on any atom is 0.0331 e. The summed E-state index contributed by atoms with van der Waals surface area (Å²) in [6.07, 6.45) is 17.3. The minimum absolute atomic E-state index is 0.372. The van der Waals surface area contributed by atoms with Gasteiger partial charge in [-0.3, -0.25) is 4.90 Å². The average molecular weight is 264 g/mol. The Labute approximate surface area is 119 Å². The molecule has 2 aliphatic carbocycles. The zero-order chi connectivity index (χ0) is 13.2. The number of nitrogens with zero attached hydrogens (tertiary/aromatic N) is 1. The van der Waals surface area contributed by atoms with Crippen LogP contribution in [-0.2, 0) is 0 Å². The summed E-state index contributed by atoms with van der Waals surface area (Å²) in [5, 5.41) is 0. The Bertz CT molecular complexity index is 276. The van der Waals surface area contributed by atoms with Crippen LogP contribution in [0.2, 0.25) is 0 Å². The molecule has 1 aliphatic heterocycles. The van der Waals surface area contributed by atoms with E-state index in [4.69, 9.17) is 5.73 Å². The lowest BCUT2D eigenvalue weighted by atomic mass is 9.75. The number of piperidine rings is 1. The molecular formula is C17H32N2. The Morgan fingerprint density at radius 2 is 1.21 bits per heavy atom. The number of likely N-dealkylation sites (tertiary alicyclic amines) is 1. The first kappa shape index (κ1) is 13.9. The third-order valence-electron chi connectivity index (χ3n) is 6.57. The minimum atomic E-state index is 0.372. The van der Waals surface area contributed by atoms with Gasteiger partial charge in [0.1, 0.15) is 0 Å². The smallest absolute Gasteiger partial charge is 0.0331 e. The zero-order valence-corrected chi connectivity index (χ0v) is 12.6. The zero-order valence-electron chi connectivity index (χ0n) is 12.6. The van der Waals surface area contributed by atoms with Crippen molar-refractivity contribution >= 4 is 0 Å². The number of nitrogens with two attached hydrogens (primary N) is 1. The van der Waals surface area contributed by atoms with Crippen LogP contribution < -0.4 is 5.73 Å². The summed E-state index contributed by atoms with van der Waals surface area (Å²) in [5.74, 6) is 0. The molecule has 110 valence electrons. The number of hydrogen-bond acceptors (Lipinski definition) is 2. The molecule has 3 aliphatic rings. The standard InChI is InChI=1S/C17H32N2/c18-15-17(9-3-1-2-4-10-17)19-13-11-16(12-14-19)7-5-6-8-16/h1-15,18H2. The van der Waals surface area contributed by atoms with Crippen LogP contribution in [0.4, 0.5) is 0 Å². The van der Waals surface area contributed by atoms with E-state index in [9.17, 15) is 0 Å². The van der Waals surface area contributed by atoms with E-state index in [1.807, 2.05) is 0 Å². The van der Waals surface area contributed by atoms with Gasteiger partial charge in [0.2, 0.25) is 0 Å². The maximum atomic E-state index is 6.24. The molecule has 2 saturated carbocycles. The van der Waals surface area contributed by atoms with Crippen molar-refractivity contribution in [2.75, 3.05) is 19.6 Å². The number of rotatable bonds is 2. The molecule has 1 saturated heterocycles. The van der Waals surface area contributed by atoms with Crippen LogP contribution in [0.15, 0.2) is 0 Å². The topological polar surface area (TPSA) is 29.3 Å². The van der Waals surface area contributed by atoms with Crippen molar-refractivity contribution in [3.05, 3.63) is 0 Å². The molecule has 0 aromatic rings. The maximum absolute atomic E-state index is 6.24. The second-order valence-corrected chi connectivity index (χ2v) is 7.54. The van der Waals surface area contributed by atoms with Gasteiger partial charge < -0.3 is 5.73 Å². The fourth-order valence-electron chi connectivity index (χ4n) is 5.12. The van der Waals surface area contributed by atoms with Crippen molar-refractivity contribution in [1.29, 1.82) is 0 Å². The lowest BCUT2D eigenvalue weighted by Gasteiger charge is -2.49. The van der Waals surface area contributed by atoms with Gasteiger partial charge in [0.05, 0.1) is 0 Å². The van der Waals surface area contributed by atoms with Gasteiger partial charge in [0, 0.05) is 12.1 Å². The first-order valence-electron chi connectivity index (χ1n) is 8.74. The van der Waals surface area contributed by atoms with Crippen molar-refractivity contribution in [3.8, 4) is 0 Å². The third kappa shape index (κ3) is 2.71. The Hall–Kier alpha value is -0.0800. The molecule has 0 aromatic heterocycles. The van der Waals surface area contributed by atoms with E-state index in [-0.39, 0.29) is 0 Å². The molecule has 2 nitrogen and oxygen atoms in total. The SMILES string of the molecule is NCC1(N2CCC3(CCCC3)CC2)CCCCCC1. The van der Waals surface area contributed by atoms with Gasteiger partial charge in [0.15, 0.2) is 0 Å². The van der Waals surface area contributed by atoms with Crippen LogP contribution >= 0.6 is 0 Å². The van der Waals surface area contributed by atoms with Crippen molar-refractivity contribution in [3.63, 3.8) is 0 Å². The van der Waals surface area contributed by atoms with E-state index in [0.717, 1.165) is 12.0 Å². The van der Waals surface area contributed by atoms with Gasteiger partial charge in [-0.25, -0.2) is 0 Å². The molecule has 0 aromatic carbocycles. The molecule has 0 atom stereocenters. The second kappa shape index (κ2) is 5.73. The van der Waals surface area contributed by atoms with E-state index in [1.165, 1.54) is 90.1 Å². The molecule has 19 heavy (non-hydrogen) atoms. The van der Waals surface area contributed by atoms with Gasteiger partial charge in [-0.2, -0.15) is 0 Å². The quantitative estimate of drug-likeness (QED) is 0.771. The fraction of sp³-hybridized carbons (Fsp3) is 1.00. The van der Waals surface area contributed by atoms with E-state index < -0.39 is 0 Å². The van der Waals surface area contributed by atoms with Crippen LogP contribution in [0.1, 0.15) is 77.0 Å². The molecule has 3 rings (SSSR count). The monoisotopic (exact) mass is 264 g/mol. The summed E-state index contributed by atoms with van der Waals surface area (Å²) in [6, 6.07) is 0. The van der Waals surface area contributed by atoms with Crippen LogP contribution in [0.5, 0.6) is 0 Å².